The molecule has 3 rings (SSSR count). The average molecular weight is 373 g/mol. The van der Waals surface area contributed by atoms with Crippen molar-refractivity contribution in [2.24, 2.45) is 0 Å². The molecular formula is C16H16NNaO6S. The Morgan fingerprint density at radius 3 is 2.28 bits per heavy atom. The molecule has 0 saturated carbocycles. The van der Waals surface area contributed by atoms with Crippen LogP contribution in [0.3, 0.4) is 0 Å². The molecule has 2 N–H and O–H groups in total. The molecular weight excluding hydrogens is 357 g/mol. The Bertz CT molecular complexity index is 864. The second kappa shape index (κ2) is 9.00. The van der Waals surface area contributed by atoms with Crippen LogP contribution in [0.2, 0.25) is 0 Å². The van der Waals surface area contributed by atoms with Gasteiger partial charge in [0.15, 0.2) is 0 Å². The molecule has 1 amide bonds. The van der Waals surface area contributed by atoms with E-state index in [1.54, 1.807) is 19.1 Å². The average Bonchev–Trinajstić information content (AvgIpc) is 2.79. The molecule has 2 aromatic carbocycles. The molecule has 25 heavy (non-hydrogen) atoms. The number of amides is 1. The van der Waals surface area contributed by atoms with E-state index in [-0.39, 0.29) is 51.7 Å². The number of hydrogen-bond donors (Lipinski definition) is 2. The standard InChI is InChI=1S/C9H10O3.C7H5NO3S.Na.H/c1-2-12-9(11)7-3-5-8(10)6-4-7;9-7-5-3-1-2-4-6(5)12(10,11)8-7;;/h3-6,10H,2H2,1H3;1-4H,(H,8,9);;. The van der Waals surface area contributed by atoms with Crippen LogP contribution in [-0.2, 0) is 14.8 Å². The summed E-state index contributed by atoms with van der Waals surface area (Å²) in [7, 11) is -3.55. The van der Waals surface area contributed by atoms with Gasteiger partial charge < -0.3 is 9.84 Å². The zero-order chi connectivity index (χ0) is 17.7. The van der Waals surface area contributed by atoms with E-state index in [0.717, 1.165) is 0 Å². The van der Waals surface area contributed by atoms with Gasteiger partial charge >= 0.3 is 35.5 Å². The van der Waals surface area contributed by atoms with Crippen molar-refractivity contribution in [3.05, 3.63) is 59.7 Å². The third-order valence-electron chi connectivity index (χ3n) is 3.03. The molecule has 9 heteroatoms. The Labute approximate surface area is 167 Å². The maximum absolute atomic E-state index is 11.1. The summed E-state index contributed by atoms with van der Waals surface area (Å²) in [5.41, 5.74) is 0.673. The summed E-state index contributed by atoms with van der Waals surface area (Å²) in [6, 6.07) is 12.0. The fraction of sp³-hybridized carbons (Fsp3) is 0.125. The van der Waals surface area contributed by atoms with Crippen molar-refractivity contribution >= 4 is 51.5 Å². The van der Waals surface area contributed by atoms with Gasteiger partial charge in [0.1, 0.15) is 10.6 Å². The summed E-state index contributed by atoms with van der Waals surface area (Å²) in [6.45, 7) is 2.11. The predicted molar refractivity (Wildman–Crippen MR) is 92.3 cm³/mol. The van der Waals surface area contributed by atoms with Crippen molar-refractivity contribution in [3.8, 4) is 5.75 Å². The quantitative estimate of drug-likeness (QED) is 0.601. The van der Waals surface area contributed by atoms with Crippen molar-refractivity contribution in [3.63, 3.8) is 0 Å². The van der Waals surface area contributed by atoms with Gasteiger partial charge in [-0.3, -0.25) is 4.79 Å². The number of aromatic hydroxyl groups is 1. The van der Waals surface area contributed by atoms with Crippen LogP contribution in [0, 0.1) is 0 Å². The van der Waals surface area contributed by atoms with E-state index in [0.29, 0.717) is 12.2 Å². The number of carbonyl (C=O) groups excluding carboxylic acids is 2. The minimum atomic E-state index is -3.55. The van der Waals surface area contributed by atoms with Gasteiger partial charge in [-0.15, -0.1) is 0 Å². The van der Waals surface area contributed by atoms with Gasteiger partial charge in [0, 0.05) is 0 Å². The minimum absolute atomic E-state index is 0. The number of ether oxygens (including phenoxy) is 1. The molecule has 0 aliphatic carbocycles. The van der Waals surface area contributed by atoms with Crippen LogP contribution in [0.15, 0.2) is 53.4 Å². The summed E-state index contributed by atoms with van der Waals surface area (Å²) in [5, 5.41) is 8.92. The second-order valence-corrected chi connectivity index (χ2v) is 6.35. The first-order valence-corrected chi connectivity index (χ1v) is 8.46. The summed E-state index contributed by atoms with van der Waals surface area (Å²) in [6.07, 6.45) is 0. The number of benzene rings is 2. The topological polar surface area (TPSA) is 110 Å². The van der Waals surface area contributed by atoms with E-state index in [1.807, 2.05) is 4.72 Å². The van der Waals surface area contributed by atoms with Crippen molar-refractivity contribution in [1.82, 2.24) is 4.72 Å². The summed E-state index contributed by atoms with van der Waals surface area (Å²) in [4.78, 5) is 22.1. The number of carbonyl (C=O) groups is 2. The molecule has 128 valence electrons. The summed E-state index contributed by atoms with van der Waals surface area (Å²) in [5.74, 6) is -0.772. The zero-order valence-electron chi connectivity index (χ0n) is 12.7. The predicted octanol–water partition coefficient (Wildman–Crippen LogP) is 1.04. The third-order valence-corrected chi connectivity index (χ3v) is 4.42. The van der Waals surface area contributed by atoms with Crippen LogP contribution >= 0.6 is 0 Å². The Hall–Kier alpha value is -1.87. The normalized spacial score (nSPS) is 13.4. The molecule has 7 nitrogen and oxygen atoms in total. The number of sulfonamides is 1. The van der Waals surface area contributed by atoms with Crippen LogP contribution in [0.4, 0.5) is 0 Å². The number of phenolic OH excluding ortho intramolecular Hbond substituents is 1. The monoisotopic (exact) mass is 373 g/mol. The number of phenols is 1. The van der Waals surface area contributed by atoms with Crippen molar-refractivity contribution in [1.29, 1.82) is 0 Å². The van der Waals surface area contributed by atoms with Gasteiger partial charge in [-0.25, -0.2) is 17.9 Å². The van der Waals surface area contributed by atoms with Crippen LogP contribution in [0.25, 0.3) is 0 Å². The van der Waals surface area contributed by atoms with Crippen molar-refractivity contribution in [2.45, 2.75) is 11.8 Å². The van der Waals surface area contributed by atoms with Crippen LogP contribution < -0.4 is 4.72 Å². The molecule has 1 heterocycles. The molecule has 0 spiro atoms. The van der Waals surface area contributed by atoms with E-state index >= 15 is 0 Å². The van der Waals surface area contributed by atoms with Crippen LogP contribution in [0.5, 0.6) is 5.75 Å². The van der Waals surface area contributed by atoms with Gasteiger partial charge in [-0.2, -0.15) is 0 Å². The zero-order valence-corrected chi connectivity index (χ0v) is 13.5. The molecule has 1 aliphatic rings. The molecule has 0 atom stereocenters. The van der Waals surface area contributed by atoms with Crippen LogP contribution in [0.1, 0.15) is 27.6 Å². The molecule has 0 unspecified atom stereocenters. The number of nitrogens with one attached hydrogen (secondary N) is 1. The Morgan fingerprint density at radius 2 is 1.72 bits per heavy atom. The Kier molecular flexibility index (Phi) is 7.62. The van der Waals surface area contributed by atoms with Crippen molar-refractivity contribution < 1.29 is 27.9 Å². The first-order valence-electron chi connectivity index (χ1n) is 6.97. The van der Waals surface area contributed by atoms with Gasteiger partial charge in [0.05, 0.1) is 17.7 Å². The van der Waals surface area contributed by atoms with E-state index in [2.05, 4.69) is 0 Å². The number of rotatable bonds is 2. The Balaban J connectivity index is 0.000000240. The van der Waals surface area contributed by atoms with Crippen LogP contribution in [-0.4, -0.2) is 61.6 Å². The number of esters is 1. The molecule has 2 aromatic rings. The SMILES string of the molecule is CCOC(=O)c1ccc(O)cc1.O=C1NS(=O)(=O)c2ccccc21.[NaH]. The van der Waals surface area contributed by atoms with Gasteiger partial charge in [-0.1, -0.05) is 12.1 Å². The first kappa shape index (κ1) is 21.2. The van der Waals surface area contributed by atoms with Gasteiger partial charge in [-0.05, 0) is 43.3 Å². The fourth-order valence-corrected chi connectivity index (χ4v) is 3.10. The summed E-state index contributed by atoms with van der Waals surface area (Å²) < 4.78 is 28.9. The molecule has 0 radical (unpaired) electrons. The third kappa shape index (κ3) is 5.30. The molecule has 1 aliphatic heterocycles. The van der Waals surface area contributed by atoms with Crippen molar-refractivity contribution in [2.75, 3.05) is 6.61 Å². The second-order valence-electron chi connectivity index (χ2n) is 4.70. The van der Waals surface area contributed by atoms with Gasteiger partial charge in [0.25, 0.3) is 15.9 Å². The Morgan fingerprint density at radius 1 is 1.12 bits per heavy atom. The number of hydrogen-bond acceptors (Lipinski definition) is 6. The van der Waals surface area contributed by atoms with Gasteiger partial charge in [0.2, 0.25) is 0 Å². The number of fused-ring (bicyclic) bond motifs is 1. The molecule has 0 saturated heterocycles. The molecule has 0 bridgehead atoms. The van der Waals surface area contributed by atoms with E-state index < -0.39 is 15.9 Å². The van der Waals surface area contributed by atoms with E-state index in [1.165, 1.54) is 36.4 Å². The fourth-order valence-electron chi connectivity index (χ4n) is 1.93. The van der Waals surface area contributed by atoms with E-state index in [9.17, 15) is 18.0 Å². The molecule has 0 fully saturated rings. The molecule has 0 aromatic heterocycles. The summed E-state index contributed by atoms with van der Waals surface area (Å²) >= 11 is 0. The first-order chi connectivity index (χ1) is 11.3. The maximum atomic E-state index is 11.1. The van der Waals surface area contributed by atoms with E-state index in [4.69, 9.17) is 9.84 Å².